The summed E-state index contributed by atoms with van der Waals surface area (Å²) in [6.45, 7) is 3.46. The summed E-state index contributed by atoms with van der Waals surface area (Å²) in [6, 6.07) is 6.47. The fourth-order valence-corrected chi connectivity index (χ4v) is 3.39. The number of fused-ring (bicyclic) bond motifs is 1. The van der Waals surface area contributed by atoms with Gasteiger partial charge in [-0.2, -0.15) is 13.2 Å². The first-order valence-electron chi connectivity index (χ1n) is 10.7. The Kier molecular flexibility index (Phi) is 8.13. The molecule has 10 heteroatoms. The lowest BCUT2D eigenvalue weighted by Gasteiger charge is -2.12. The van der Waals surface area contributed by atoms with Crippen molar-refractivity contribution in [1.82, 2.24) is 25.4 Å². The molecule has 1 aliphatic heterocycles. The average Bonchev–Trinajstić information content (AvgIpc) is 2.96. The minimum absolute atomic E-state index is 0.183. The van der Waals surface area contributed by atoms with Gasteiger partial charge in [0.2, 0.25) is 0 Å². The van der Waals surface area contributed by atoms with Gasteiger partial charge in [0.1, 0.15) is 17.4 Å². The van der Waals surface area contributed by atoms with Crippen molar-refractivity contribution in [3.8, 4) is 5.75 Å². The first kappa shape index (κ1) is 22.9. The molecule has 0 atom stereocenters. The maximum atomic E-state index is 12.2. The van der Waals surface area contributed by atoms with Gasteiger partial charge in [-0.25, -0.2) is 4.99 Å². The monoisotopic (exact) mass is 438 g/mol. The number of ether oxygens (including phenoxy) is 1. The fourth-order valence-electron chi connectivity index (χ4n) is 3.39. The van der Waals surface area contributed by atoms with Crippen molar-refractivity contribution >= 4 is 5.96 Å². The van der Waals surface area contributed by atoms with E-state index < -0.39 is 12.8 Å². The van der Waals surface area contributed by atoms with Crippen LogP contribution in [0.4, 0.5) is 13.2 Å². The van der Waals surface area contributed by atoms with Crippen LogP contribution in [0.2, 0.25) is 0 Å². The van der Waals surface area contributed by atoms with Crippen molar-refractivity contribution in [2.45, 2.75) is 58.3 Å². The van der Waals surface area contributed by atoms with Crippen molar-refractivity contribution in [2.75, 3.05) is 19.7 Å². The maximum Gasteiger partial charge on any atom is 0.422 e. The lowest BCUT2D eigenvalue weighted by Crippen LogP contribution is -2.38. The zero-order chi connectivity index (χ0) is 22.1. The zero-order valence-corrected chi connectivity index (χ0v) is 17.7. The SMILES string of the molecule is CCNC(=NCc1ccc(OCC(F)(F)F)cc1)NCCc1nnc2n1CCCCC2. The molecule has 0 saturated heterocycles. The first-order valence-corrected chi connectivity index (χ1v) is 10.7. The van der Waals surface area contributed by atoms with Crippen LogP contribution in [0.5, 0.6) is 5.75 Å². The highest BCUT2D eigenvalue weighted by molar-refractivity contribution is 5.79. The molecule has 0 radical (unpaired) electrons. The Morgan fingerprint density at radius 2 is 1.94 bits per heavy atom. The van der Waals surface area contributed by atoms with Crippen LogP contribution in [0.1, 0.15) is 43.4 Å². The van der Waals surface area contributed by atoms with Gasteiger partial charge < -0.3 is 19.9 Å². The van der Waals surface area contributed by atoms with Crippen LogP contribution in [0.25, 0.3) is 0 Å². The average molecular weight is 438 g/mol. The molecule has 0 bridgehead atoms. The normalized spacial score (nSPS) is 14.6. The molecule has 0 fully saturated rings. The van der Waals surface area contributed by atoms with Crippen LogP contribution < -0.4 is 15.4 Å². The van der Waals surface area contributed by atoms with E-state index in [1.807, 2.05) is 6.92 Å². The molecule has 2 heterocycles. The molecule has 3 rings (SSSR count). The highest BCUT2D eigenvalue weighted by Crippen LogP contribution is 2.19. The highest BCUT2D eigenvalue weighted by Gasteiger charge is 2.28. The van der Waals surface area contributed by atoms with Crippen molar-refractivity contribution in [3.63, 3.8) is 0 Å². The molecule has 2 N–H and O–H groups in total. The molecule has 2 aromatic rings. The molecular formula is C21H29F3N6O. The van der Waals surface area contributed by atoms with E-state index in [-0.39, 0.29) is 5.75 Å². The molecule has 0 saturated carbocycles. The van der Waals surface area contributed by atoms with Gasteiger partial charge in [-0.15, -0.1) is 10.2 Å². The number of benzene rings is 1. The van der Waals surface area contributed by atoms with Gasteiger partial charge >= 0.3 is 6.18 Å². The van der Waals surface area contributed by atoms with Crippen LogP contribution >= 0.6 is 0 Å². The van der Waals surface area contributed by atoms with E-state index in [0.717, 1.165) is 49.6 Å². The quantitative estimate of drug-likeness (QED) is 0.489. The number of alkyl halides is 3. The van der Waals surface area contributed by atoms with Gasteiger partial charge in [0.25, 0.3) is 0 Å². The molecule has 1 aromatic carbocycles. The molecule has 1 aromatic heterocycles. The second-order valence-corrected chi connectivity index (χ2v) is 7.41. The van der Waals surface area contributed by atoms with Crippen LogP contribution in [0.15, 0.2) is 29.3 Å². The van der Waals surface area contributed by atoms with Crippen molar-refractivity contribution in [1.29, 1.82) is 0 Å². The smallest absolute Gasteiger partial charge is 0.422 e. The summed E-state index contributed by atoms with van der Waals surface area (Å²) in [5.41, 5.74) is 0.874. The summed E-state index contributed by atoms with van der Waals surface area (Å²) < 4.78 is 43.7. The third kappa shape index (κ3) is 7.45. The largest absolute Gasteiger partial charge is 0.484 e. The number of guanidine groups is 1. The molecule has 0 unspecified atom stereocenters. The van der Waals surface area contributed by atoms with E-state index in [0.29, 0.717) is 19.0 Å². The van der Waals surface area contributed by atoms with Crippen LogP contribution in [-0.2, 0) is 25.9 Å². The van der Waals surface area contributed by atoms with Crippen LogP contribution in [-0.4, -0.2) is 46.6 Å². The van der Waals surface area contributed by atoms with E-state index >= 15 is 0 Å². The Bertz CT molecular complexity index is 848. The topological polar surface area (TPSA) is 76.4 Å². The predicted octanol–water partition coefficient (Wildman–Crippen LogP) is 3.24. The maximum absolute atomic E-state index is 12.2. The van der Waals surface area contributed by atoms with Gasteiger partial charge in [-0.05, 0) is 37.5 Å². The lowest BCUT2D eigenvalue weighted by molar-refractivity contribution is -0.153. The number of nitrogens with zero attached hydrogens (tertiary/aromatic N) is 4. The number of hydrogen-bond acceptors (Lipinski definition) is 4. The Balaban J connectivity index is 1.50. The molecule has 7 nitrogen and oxygen atoms in total. The molecule has 1 aliphatic rings. The van der Waals surface area contributed by atoms with Gasteiger partial charge in [-0.3, -0.25) is 0 Å². The number of aliphatic imine (C=N–C) groups is 1. The number of hydrogen-bond donors (Lipinski definition) is 2. The first-order chi connectivity index (χ1) is 14.9. The fraction of sp³-hybridized carbons (Fsp3) is 0.571. The van der Waals surface area contributed by atoms with Gasteiger partial charge in [-0.1, -0.05) is 18.6 Å². The molecule has 170 valence electrons. The Morgan fingerprint density at radius 3 is 2.68 bits per heavy atom. The molecular weight excluding hydrogens is 409 g/mol. The number of halogens is 3. The number of aromatic nitrogens is 3. The molecule has 31 heavy (non-hydrogen) atoms. The second kappa shape index (κ2) is 11.0. The van der Waals surface area contributed by atoms with E-state index in [2.05, 4.69) is 30.4 Å². The Labute approximate surface area is 180 Å². The molecule has 0 aliphatic carbocycles. The summed E-state index contributed by atoms with van der Waals surface area (Å²) in [4.78, 5) is 4.55. The van der Waals surface area contributed by atoms with Gasteiger partial charge in [0.15, 0.2) is 12.6 Å². The minimum Gasteiger partial charge on any atom is -0.484 e. The van der Waals surface area contributed by atoms with Crippen molar-refractivity contribution < 1.29 is 17.9 Å². The van der Waals surface area contributed by atoms with Crippen LogP contribution in [0, 0.1) is 0 Å². The number of aryl methyl sites for hydroxylation is 1. The summed E-state index contributed by atoms with van der Waals surface area (Å²) in [7, 11) is 0. The standard InChI is InChI=1S/C21H29F3N6O/c1-2-25-20(26-12-11-19-29-28-18-6-4-3-5-13-30(18)19)27-14-16-7-9-17(10-8-16)31-15-21(22,23)24/h7-10H,2-6,11-15H2,1H3,(H2,25,26,27). The summed E-state index contributed by atoms with van der Waals surface area (Å²) in [5, 5.41) is 15.2. The second-order valence-electron chi connectivity index (χ2n) is 7.41. The van der Waals surface area contributed by atoms with Gasteiger partial charge in [0.05, 0.1) is 6.54 Å². The molecule has 0 amide bonds. The number of nitrogens with one attached hydrogen (secondary N) is 2. The highest BCUT2D eigenvalue weighted by atomic mass is 19.4. The Hall–Kier alpha value is -2.78. The number of rotatable bonds is 8. The third-order valence-electron chi connectivity index (χ3n) is 4.92. The predicted molar refractivity (Wildman–Crippen MR) is 112 cm³/mol. The van der Waals surface area contributed by atoms with Gasteiger partial charge in [0, 0.05) is 32.5 Å². The molecule has 0 spiro atoms. The van der Waals surface area contributed by atoms with Crippen molar-refractivity contribution in [2.24, 2.45) is 4.99 Å². The zero-order valence-electron chi connectivity index (χ0n) is 17.7. The van der Waals surface area contributed by atoms with Crippen LogP contribution in [0.3, 0.4) is 0 Å². The lowest BCUT2D eigenvalue weighted by atomic mass is 10.2. The van der Waals surface area contributed by atoms with E-state index in [1.165, 1.54) is 25.0 Å². The summed E-state index contributed by atoms with van der Waals surface area (Å²) in [5.74, 6) is 2.93. The van der Waals surface area contributed by atoms with E-state index in [4.69, 9.17) is 4.74 Å². The summed E-state index contributed by atoms with van der Waals surface area (Å²) in [6.07, 6.45) is 0.958. The minimum atomic E-state index is -4.35. The Morgan fingerprint density at radius 1 is 1.13 bits per heavy atom. The van der Waals surface area contributed by atoms with Crippen molar-refractivity contribution in [3.05, 3.63) is 41.5 Å². The van der Waals surface area contributed by atoms with E-state index in [1.54, 1.807) is 12.1 Å². The summed E-state index contributed by atoms with van der Waals surface area (Å²) >= 11 is 0. The third-order valence-corrected chi connectivity index (χ3v) is 4.92. The van der Waals surface area contributed by atoms with E-state index in [9.17, 15) is 13.2 Å².